The topological polar surface area (TPSA) is 109 Å². The first-order chi connectivity index (χ1) is 13.7. The molecule has 10 heteroatoms. The van der Waals surface area contributed by atoms with Gasteiger partial charge in [-0.05, 0) is 38.1 Å². The van der Waals surface area contributed by atoms with Crippen LogP contribution in [0.3, 0.4) is 0 Å². The Bertz CT molecular complexity index is 938. The molecule has 1 fully saturated rings. The number of likely N-dealkylation sites (tertiary alicyclic amines) is 1. The van der Waals surface area contributed by atoms with Crippen molar-refractivity contribution in [2.24, 2.45) is 0 Å². The van der Waals surface area contributed by atoms with E-state index in [1.54, 1.807) is 0 Å². The molecule has 3 heterocycles. The second-order valence-electron chi connectivity index (χ2n) is 6.62. The summed E-state index contributed by atoms with van der Waals surface area (Å²) < 4.78 is 1.00. The van der Waals surface area contributed by atoms with E-state index in [0.717, 1.165) is 29.9 Å². The van der Waals surface area contributed by atoms with Crippen molar-refractivity contribution in [3.05, 3.63) is 40.7 Å². The first-order valence-electron chi connectivity index (χ1n) is 9.29. The molecule has 146 valence electrons. The van der Waals surface area contributed by atoms with Crippen LogP contribution in [0.25, 0.3) is 10.2 Å². The van der Waals surface area contributed by atoms with Gasteiger partial charge in [0.25, 0.3) is 0 Å². The molecule has 0 amide bonds. The minimum Gasteiger partial charge on any atom is -0.363 e. The lowest BCUT2D eigenvalue weighted by Crippen LogP contribution is -2.33. The van der Waals surface area contributed by atoms with E-state index in [1.807, 2.05) is 24.3 Å². The zero-order chi connectivity index (χ0) is 19.3. The van der Waals surface area contributed by atoms with Gasteiger partial charge in [0.1, 0.15) is 6.33 Å². The van der Waals surface area contributed by atoms with Crippen LogP contribution in [-0.2, 0) is 0 Å². The van der Waals surface area contributed by atoms with Crippen molar-refractivity contribution in [1.82, 2.24) is 19.9 Å². The van der Waals surface area contributed by atoms with Crippen molar-refractivity contribution < 1.29 is 4.92 Å². The minimum atomic E-state index is -0.459. The summed E-state index contributed by atoms with van der Waals surface area (Å²) in [6, 6.07) is 7.70. The molecular weight excluding hydrogens is 378 g/mol. The Morgan fingerprint density at radius 2 is 1.93 bits per heavy atom. The number of piperidine rings is 1. The number of anilines is 3. The zero-order valence-electron chi connectivity index (χ0n) is 15.3. The van der Waals surface area contributed by atoms with E-state index in [2.05, 4.69) is 30.5 Å². The van der Waals surface area contributed by atoms with Gasteiger partial charge >= 0.3 is 5.69 Å². The molecule has 0 radical (unpaired) electrons. The molecule has 2 aromatic heterocycles. The number of benzene rings is 1. The smallest absolute Gasteiger partial charge is 0.353 e. The van der Waals surface area contributed by atoms with Crippen LogP contribution in [-0.4, -0.2) is 51.0 Å². The van der Waals surface area contributed by atoms with Crippen molar-refractivity contribution in [1.29, 1.82) is 0 Å². The maximum absolute atomic E-state index is 11.7. The molecule has 0 saturated carbocycles. The van der Waals surface area contributed by atoms with Crippen LogP contribution in [0.5, 0.6) is 0 Å². The second-order valence-corrected chi connectivity index (χ2v) is 7.65. The van der Waals surface area contributed by atoms with E-state index in [0.29, 0.717) is 11.7 Å². The van der Waals surface area contributed by atoms with Crippen molar-refractivity contribution >= 4 is 44.0 Å². The number of hydrogen-bond donors (Lipinski definition) is 2. The van der Waals surface area contributed by atoms with E-state index in [4.69, 9.17) is 0 Å². The van der Waals surface area contributed by atoms with Gasteiger partial charge in [0.15, 0.2) is 5.13 Å². The van der Waals surface area contributed by atoms with Gasteiger partial charge in [-0.1, -0.05) is 29.9 Å². The van der Waals surface area contributed by atoms with Gasteiger partial charge in [0, 0.05) is 13.1 Å². The fourth-order valence-corrected chi connectivity index (χ4v) is 4.18. The standard InChI is InChI=1S/C18H21N7O2S/c26-25(27)15-16(19-8-11-24-9-4-1-5-10-24)20-12-21-17(15)23-18-22-13-6-2-3-7-14(13)28-18/h2-3,6-7,12H,1,4-5,8-11H2,(H2,19,20,21,22,23). The van der Waals surface area contributed by atoms with Crippen molar-refractivity contribution in [2.45, 2.75) is 19.3 Å². The highest BCUT2D eigenvalue weighted by Crippen LogP contribution is 2.33. The number of nitrogens with zero attached hydrogens (tertiary/aromatic N) is 5. The van der Waals surface area contributed by atoms with Gasteiger partial charge in [-0.15, -0.1) is 0 Å². The largest absolute Gasteiger partial charge is 0.363 e. The van der Waals surface area contributed by atoms with E-state index >= 15 is 0 Å². The molecule has 0 spiro atoms. The summed E-state index contributed by atoms with van der Waals surface area (Å²) in [5, 5.41) is 18.3. The number of para-hydroxylation sites is 1. The molecule has 4 rings (SSSR count). The number of fused-ring (bicyclic) bond motifs is 1. The molecule has 0 unspecified atom stereocenters. The number of rotatable bonds is 7. The Labute approximate surface area is 166 Å². The SMILES string of the molecule is O=[N+]([O-])c1c(NCCN2CCCCC2)ncnc1Nc1nc2ccccc2s1. The van der Waals surface area contributed by atoms with Crippen molar-refractivity contribution in [3.63, 3.8) is 0 Å². The van der Waals surface area contributed by atoms with E-state index in [9.17, 15) is 10.1 Å². The summed E-state index contributed by atoms with van der Waals surface area (Å²) >= 11 is 1.42. The van der Waals surface area contributed by atoms with Gasteiger partial charge in [-0.2, -0.15) is 0 Å². The lowest BCUT2D eigenvalue weighted by Gasteiger charge is -2.26. The Morgan fingerprint density at radius 1 is 1.14 bits per heavy atom. The van der Waals surface area contributed by atoms with Gasteiger partial charge in [0.05, 0.1) is 15.1 Å². The summed E-state index contributed by atoms with van der Waals surface area (Å²) in [6.45, 7) is 3.59. The first kappa shape index (κ1) is 18.5. The molecule has 0 atom stereocenters. The first-order valence-corrected chi connectivity index (χ1v) is 10.1. The molecule has 3 aromatic rings. The number of aromatic nitrogens is 3. The summed E-state index contributed by atoms with van der Waals surface area (Å²) in [6.07, 6.45) is 5.03. The number of nitro groups is 1. The highest BCUT2D eigenvalue weighted by atomic mass is 32.1. The monoisotopic (exact) mass is 399 g/mol. The molecule has 0 bridgehead atoms. The highest BCUT2D eigenvalue weighted by Gasteiger charge is 2.24. The Balaban J connectivity index is 1.50. The molecule has 1 aliphatic heterocycles. The lowest BCUT2D eigenvalue weighted by atomic mass is 10.1. The molecular formula is C18H21N7O2S. The Morgan fingerprint density at radius 3 is 2.71 bits per heavy atom. The van der Waals surface area contributed by atoms with Crippen LogP contribution >= 0.6 is 11.3 Å². The highest BCUT2D eigenvalue weighted by molar-refractivity contribution is 7.22. The van der Waals surface area contributed by atoms with Gasteiger partial charge in [-0.25, -0.2) is 15.0 Å². The fourth-order valence-electron chi connectivity index (χ4n) is 3.31. The average Bonchev–Trinajstić information content (AvgIpc) is 3.11. The van der Waals surface area contributed by atoms with Crippen LogP contribution in [0.2, 0.25) is 0 Å². The molecule has 1 aromatic carbocycles. The van der Waals surface area contributed by atoms with Crippen LogP contribution in [0.4, 0.5) is 22.5 Å². The molecule has 1 saturated heterocycles. The molecule has 9 nitrogen and oxygen atoms in total. The van der Waals surface area contributed by atoms with E-state index in [1.165, 1.54) is 36.9 Å². The van der Waals surface area contributed by atoms with Crippen LogP contribution < -0.4 is 10.6 Å². The summed E-state index contributed by atoms with van der Waals surface area (Å²) in [7, 11) is 0. The van der Waals surface area contributed by atoms with Gasteiger partial charge in [0.2, 0.25) is 11.6 Å². The van der Waals surface area contributed by atoms with Gasteiger partial charge in [-0.3, -0.25) is 10.1 Å². The summed E-state index contributed by atoms with van der Waals surface area (Å²) in [5.74, 6) is 0.361. The number of thiazole rings is 1. The van der Waals surface area contributed by atoms with Crippen LogP contribution in [0.15, 0.2) is 30.6 Å². The van der Waals surface area contributed by atoms with Crippen LogP contribution in [0.1, 0.15) is 19.3 Å². The normalized spacial score (nSPS) is 14.9. The van der Waals surface area contributed by atoms with Crippen molar-refractivity contribution in [3.8, 4) is 0 Å². The number of nitrogens with one attached hydrogen (secondary N) is 2. The molecule has 1 aliphatic rings. The fraction of sp³-hybridized carbons (Fsp3) is 0.389. The third-order valence-electron chi connectivity index (χ3n) is 4.69. The van der Waals surface area contributed by atoms with E-state index < -0.39 is 4.92 Å². The zero-order valence-corrected chi connectivity index (χ0v) is 16.1. The third-order valence-corrected chi connectivity index (χ3v) is 5.65. The third kappa shape index (κ3) is 4.18. The molecule has 2 N–H and O–H groups in total. The Hall–Kier alpha value is -2.85. The predicted octanol–water partition coefficient (Wildman–Crippen LogP) is 3.64. The number of hydrogen-bond acceptors (Lipinski definition) is 9. The van der Waals surface area contributed by atoms with Crippen LogP contribution in [0, 0.1) is 10.1 Å². The maximum atomic E-state index is 11.7. The minimum absolute atomic E-state index is 0.138. The second kappa shape index (κ2) is 8.44. The molecule has 0 aliphatic carbocycles. The maximum Gasteiger partial charge on any atom is 0.353 e. The Kier molecular flexibility index (Phi) is 5.58. The summed E-state index contributed by atoms with van der Waals surface area (Å²) in [5.41, 5.74) is 0.673. The average molecular weight is 399 g/mol. The van der Waals surface area contributed by atoms with Crippen molar-refractivity contribution in [2.75, 3.05) is 36.8 Å². The summed E-state index contributed by atoms with van der Waals surface area (Å²) in [4.78, 5) is 26.2. The van der Waals surface area contributed by atoms with E-state index in [-0.39, 0.29) is 17.3 Å². The quantitative estimate of drug-likeness (QED) is 0.458. The molecule has 28 heavy (non-hydrogen) atoms. The predicted molar refractivity (Wildman–Crippen MR) is 110 cm³/mol. The lowest BCUT2D eigenvalue weighted by molar-refractivity contribution is -0.383. The van der Waals surface area contributed by atoms with Gasteiger partial charge < -0.3 is 15.5 Å².